The van der Waals surface area contributed by atoms with E-state index in [1.54, 1.807) is 13.0 Å². The Labute approximate surface area is 229 Å². The van der Waals surface area contributed by atoms with Crippen molar-refractivity contribution in [3.8, 4) is 16.9 Å². The molecule has 41 heavy (non-hydrogen) atoms. The van der Waals surface area contributed by atoms with E-state index in [2.05, 4.69) is 20.6 Å². The normalized spacial score (nSPS) is 16.1. The molecule has 0 aliphatic carbocycles. The Morgan fingerprint density at radius 2 is 1.71 bits per heavy atom. The largest absolute Gasteiger partial charge is 0.416 e. The third-order valence-corrected chi connectivity index (χ3v) is 7.78. The SMILES string of the molecule is Cc1c(C(=O)N2CCC3(CC2)C(=O)Nc2ccc(F)c(F)c23)nn(-c2ccc(C(F)(F)F)cc2)c1-c1ccnnc1. The van der Waals surface area contributed by atoms with Crippen molar-refractivity contribution in [2.24, 2.45) is 0 Å². The molecule has 6 rings (SSSR count). The molecule has 2 aromatic carbocycles. The summed E-state index contributed by atoms with van der Waals surface area (Å²) in [6, 6.07) is 8.30. The first kappa shape index (κ1) is 26.5. The smallest absolute Gasteiger partial charge is 0.337 e. The highest BCUT2D eigenvalue weighted by Crippen LogP contribution is 2.47. The number of halogens is 5. The van der Waals surface area contributed by atoms with Gasteiger partial charge in [-0.2, -0.15) is 28.5 Å². The number of aromatic nitrogens is 4. The molecule has 210 valence electrons. The molecule has 2 aromatic heterocycles. The molecule has 13 heteroatoms. The summed E-state index contributed by atoms with van der Waals surface area (Å²) in [5.74, 6) is -3.05. The molecule has 0 saturated carbocycles. The first-order valence-electron chi connectivity index (χ1n) is 12.6. The van der Waals surface area contributed by atoms with E-state index in [-0.39, 0.29) is 42.9 Å². The fourth-order valence-electron chi connectivity index (χ4n) is 5.64. The second-order valence-corrected chi connectivity index (χ2v) is 10.0. The molecule has 1 saturated heterocycles. The van der Waals surface area contributed by atoms with Gasteiger partial charge in [0.25, 0.3) is 5.91 Å². The zero-order chi connectivity index (χ0) is 29.1. The van der Waals surface area contributed by atoms with Crippen molar-refractivity contribution in [1.82, 2.24) is 24.9 Å². The van der Waals surface area contributed by atoms with Crippen LogP contribution in [0, 0.1) is 18.6 Å². The summed E-state index contributed by atoms with van der Waals surface area (Å²) in [6.45, 7) is 1.81. The molecule has 2 amide bonds. The molecule has 1 N–H and O–H groups in total. The highest BCUT2D eigenvalue weighted by Gasteiger charge is 2.51. The van der Waals surface area contributed by atoms with Crippen LogP contribution >= 0.6 is 0 Å². The van der Waals surface area contributed by atoms with E-state index in [9.17, 15) is 31.5 Å². The van der Waals surface area contributed by atoms with Gasteiger partial charge < -0.3 is 10.2 Å². The second kappa shape index (κ2) is 9.46. The van der Waals surface area contributed by atoms with E-state index >= 15 is 0 Å². The van der Waals surface area contributed by atoms with Gasteiger partial charge in [-0.3, -0.25) is 9.59 Å². The van der Waals surface area contributed by atoms with E-state index in [0.717, 1.165) is 18.2 Å². The van der Waals surface area contributed by atoms with Crippen LogP contribution in [0.25, 0.3) is 16.9 Å². The minimum Gasteiger partial charge on any atom is -0.337 e. The van der Waals surface area contributed by atoms with Crippen molar-refractivity contribution in [2.45, 2.75) is 31.4 Å². The zero-order valence-electron chi connectivity index (χ0n) is 21.5. The second-order valence-electron chi connectivity index (χ2n) is 10.0. The first-order chi connectivity index (χ1) is 19.5. The molecule has 0 bridgehead atoms. The Kier molecular flexibility index (Phi) is 6.12. The minimum absolute atomic E-state index is 0.0233. The predicted molar refractivity (Wildman–Crippen MR) is 136 cm³/mol. The molecule has 8 nitrogen and oxygen atoms in total. The Morgan fingerprint density at radius 1 is 1.00 bits per heavy atom. The number of hydrogen-bond donors (Lipinski definition) is 1. The number of carbonyl (C=O) groups excluding carboxylic acids is 2. The number of likely N-dealkylation sites (tertiary alicyclic amines) is 1. The van der Waals surface area contributed by atoms with Crippen molar-refractivity contribution < 1.29 is 31.5 Å². The lowest BCUT2D eigenvalue weighted by Crippen LogP contribution is -2.48. The van der Waals surface area contributed by atoms with Gasteiger partial charge in [0.2, 0.25) is 5.91 Å². The van der Waals surface area contributed by atoms with Crippen molar-refractivity contribution in [1.29, 1.82) is 0 Å². The molecule has 2 aliphatic heterocycles. The van der Waals surface area contributed by atoms with Gasteiger partial charge in [-0.1, -0.05) is 0 Å². The van der Waals surface area contributed by atoms with E-state index < -0.39 is 40.6 Å². The van der Waals surface area contributed by atoms with Crippen LogP contribution in [0.4, 0.5) is 27.6 Å². The zero-order valence-corrected chi connectivity index (χ0v) is 21.5. The van der Waals surface area contributed by atoms with Crippen LogP contribution < -0.4 is 5.32 Å². The molecule has 1 fully saturated rings. The fourth-order valence-corrected chi connectivity index (χ4v) is 5.64. The molecular weight excluding hydrogens is 547 g/mol. The number of carbonyl (C=O) groups is 2. The Balaban J connectivity index is 1.34. The van der Waals surface area contributed by atoms with E-state index in [0.29, 0.717) is 22.5 Å². The van der Waals surface area contributed by atoms with Gasteiger partial charge in [0.1, 0.15) is 0 Å². The number of amides is 2. The molecule has 0 unspecified atom stereocenters. The van der Waals surface area contributed by atoms with Gasteiger partial charge in [-0.25, -0.2) is 13.5 Å². The molecule has 0 radical (unpaired) electrons. The van der Waals surface area contributed by atoms with E-state index in [1.807, 2.05) is 0 Å². The van der Waals surface area contributed by atoms with Crippen molar-refractivity contribution in [2.75, 3.05) is 18.4 Å². The standard InChI is InChI=1S/C28H21F5N6O2/c1-15-23(25(40)38-12-9-27(10-13-38)21-20(36-26(27)41)7-6-19(29)22(21)30)37-39(24(15)16-8-11-34-35-14-16)18-4-2-17(3-5-18)28(31,32)33/h2-8,11,14H,9-10,12-13H2,1H3,(H,36,41). The van der Waals surface area contributed by atoms with Crippen LogP contribution in [-0.4, -0.2) is 49.8 Å². The number of benzene rings is 2. The number of fused-ring (bicyclic) bond motifs is 2. The molecule has 1 spiro atoms. The third-order valence-electron chi connectivity index (χ3n) is 7.78. The van der Waals surface area contributed by atoms with Gasteiger partial charge in [0.15, 0.2) is 17.3 Å². The number of hydrogen-bond acceptors (Lipinski definition) is 5. The van der Waals surface area contributed by atoms with Gasteiger partial charge in [-0.15, -0.1) is 0 Å². The number of anilines is 1. The predicted octanol–water partition coefficient (Wildman–Crippen LogP) is 5.06. The molecule has 4 heterocycles. The molecular formula is C28H21F5N6O2. The van der Waals surface area contributed by atoms with Gasteiger partial charge in [0, 0.05) is 35.5 Å². The maximum absolute atomic E-state index is 14.8. The summed E-state index contributed by atoms with van der Waals surface area (Å²) in [4.78, 5) is 28.1. The van der Waals surface area contributed by atoms with Crippen molar-refractivity contribution in [3.05, 3.63) is 88.9 Å². The highest BCUT2D eigenvalue weighted by atomic mass is 19.4. The lowest BCUT2D eigenvalue weighted by molar-refractivity contribution is -0.137. The lowest BCUT2D eigenvalue weighted by Gasteiger charge is -2.37. The van der Waals surface area contributed by atoms with E-state index in [4.69, 9.17) is 0 Å². The topological polar surface area (TPSA) is 93.0 Å². The summed E-state index contributed by atoms with van der Waals surface area (Å²) in [6.07, 6.45) is -1.49. The van der Waals surface area contributed by atoms with Gasteiger partial charge in [-0.05, 0) is 62.2 Å². The number of nitrogens with zero attached hydrogens (tertiary/aromatic N) is 5. The van der Waals surface area contributed by atoms with Crippen molar-refractivity contribution >= 4 is 17.5 Å². The number of rotatable bonds is 3. The van der Waals surface area contributed by atoms with Gasteiger partial charge >= 0.3 is 6.18 Å². The van der Waals surface area contributed by atoms with Crippen LogP contribution in [-0.2, 0) is 16.4 Å². The lowest BCUT2D eigenvalue weighted by atomic mass is 9.73. The Morgan fingerprint density at radius 3 is 2.34 bits per heavy atom. The maximum atomic E-state index is 14.8. The van der Waals surface area contributed by atoms with Crippen LogP contribution in [0.1, 0.15) is 40.0 Å². The number of alkyl halides is 3. The van der Waals surface area contributed by atoms with Crippen molar-refractivity contribution in [3.63, 3.8) is 0 Å². The van der Waals surface area contributed by atoms with Crippen LogP contribution in [0.5, 0.6) is 0 Å². The first-order valence-corrected chi connectivity index (χ1v) is 12.6. The monoisotopic (exact) mass is 568 g/mol. The van der Waals surface area contributed by atoms with Crippen LogP contribution in [0.3, 0.4) is 0 Å². The summed E-state index contributed by atoms with van der Waals surface area (Å²) in [7, 11) is 0. The molecule has 0 atom stereocenters. The average Bonchev–Trinajstić information content (AvgIpc) is 3.45. The number of piperidine rings is 1. The quantitative estimate of drug-likeness (QED) is 0.349. The summed E-state index contributed by atoms with van der Waals surface area (Å²) < 4.78 is 69.7. The highest BCUT2D eigenvalue weighted by molar-refractivity contribution is 6.06. The minimum atomic E-state index is -4.52. The molecule has 2 aliphatic rings. The molecule has 4 aromatic rings. The summed E-state index contributed by atoms with van der Waals surface area (Å²) >= 11 is 0. The summed E-state index contributed by atoms with van der Waals surface area (Å²) in [5, 5.41) is 14.8. The maximum Gasteiger partial charge on any atom is 0.416 e. The third kappa shape index (κ3) is 4.23. The van der Waals surface area contributed by atoms with Gasteiger partial charge in [0.05, 0.1) is 34.8 Å². The average molecular weight is 569 g/mol. The van der Waals surface area contributed by atoms with E-state index in [1.165, 1.54) is 40.2 Å². The summed E-state index contributed by atoms with van der Waals surface area (Å²) in [5.41, 5.74) is -0.148. The number of nitrogens with one attached hydrogen (secondary N) is 1. The van der Waals surface area contributed by atoms with Crippen LogP contribution in [0.2, 0.25) is 0 Å². The Hall–Kier alpha value is -4.68. The fraction of sp³-hybridized carbons (Fsp3) is 0.250. The van der Waals surface area contributed by atoms with Crippen LogP contribution in [0.15, 0.2) is 54.9 Å². The Bertz CT molecular complexity index is 1680.